The smallest absolute Gasteiger partial charge is 0.0630 e. The molecule has 0 bridgehead atoms. The molecule has 0 amide bonds. The average molecular weight is 207 g/mol. The molecule has 1 unspecified atom stereocenters. The second kappa shape index (κ2) is 7.28. The molecule has 0 aliphatic rings. The van der Waals surface area contributed by atoms with E-state index in [1.165, 1.54) is 39.4 Å². The Labute approximate surface area is 81.0 Å². The van der Waals surface area contributed by atoms with Gasteiger partial charge in [0.25, 0.3) is 0 Å². The van der Waals surface area contributed by atoms with E-state index in [-0.39, 0.29) is 0 Å². The van der Waals surface area contributed by atoms with Gasteiger partial charge in [0.15, 0.2) is 0 Å². The van der Waals surface area contributed by atoms with Crippen LogP contribution in [0.2, 0.25) is 0 Å². The van der Waals surface area contributed by atoms with Crippen LogP contribution in [0.3, 0.4) is 0 Å². The van der Waals surface area contributed by atoms with Gasteiger partial charge in [-0.3, -0.25) is 0 Å². The first-order valence-electron chi connectivity index (χ1n) is 5.30. The van der Waals surface area contributed by atoms with Gasteiger partial charge in [-0.2, -0.15) is 0 Å². The van der Waals surface area contributed by atoms with Crippen LogP contribution in [0.5, 0.6) is 0 Å². The van der Waals surface area contributed by atoms with Crippen LogP contribution >= 0.6 is 15.8 Å². The van der Waals surface area contributed by atoms with E-state index in [2.05, 4.69) is 27.7 Å². The van der Waals surface area contributed by atoms with Gasteiger partial charge in [-0.1, -0.05) is 6.92 Å². The summed E-state index contributed by atoms with van der Waals surface area (Å²) >= 11 is 0. The van der Waals surface area contributed by atoms with Crippen molar-refractivity contribution in [3.63, 3.8) is 0 Å². The maximum Gasteiger partial charge on any atom is 0.0630 e. The summed E-state index contributed by atoms with van der Waals surface area (Å²) in [5.74, 6) is 0. The zero-order chi connectivity index (χ0) is 9.45. The van der Waals surface area contributed by atoms with Crippen molar-refractivity contribution in [2.75, 3.05) is 37.0 Å². The van der Waals surface area contributed by atoms with E-state index in [0.29, 0.717) is 0 Å². The van der Waals surface area contributed by atoms with Crippen LogP contribution in [-0.4, -0.2) is 37.0 Å². The van der Waals surface area contributed by atoms with Crippen molar-refractivity contribution in [3.05, 3.63) is 0 Å². The molecule has 0 saturated carbocycles. The summed E-state index contributed by atoms with van der Waals surface area (Å²) in [6.45, 7) is 9.50. The Morgan fingerprint density at radius 1 is 0.917 bits per heavy atom. The highest BCUT2D eigenvalue weighted by molar-refractivity contribution is 7.76. The highest BCUT2D eigenvalue weighted by atomic mass is 31.2. The number of rotatable bonds is 7. The van der Waals surface area contributed by atoms with E-state index in [4.69, 9.17) is 0 Å². The van der Waals surface area contributed by atoms with Gasteiger partial charge in [0.05, 0.1) is 24.6 Å². The molecule has 0 nitrogen and oxygen atoms in total. The van der Waals surface area contributed by atoms with Crippen LogP contribution in [0.25, 0.3) is 0 Å². The minimum atomic E-state index is -0.462. The Morgan fingerprint density at radius 3 is 1.75 bits per heavy atom. The largest absolute Gasteiger partial charge is 0.119 e. The maximum absolute atomic E-state index is 2.40. The summed E-state index contributed by atoms with van der Waals surface area (Å²) in [5.41, 5.74) is 0. The van der Waals surface area contributed by atoms with Gasteiger partial charge >= 0.3 is 0 Å². The van der Waals surface area contributed by atoms with E-state index in [1.807, 2.05) is 0 Å². The van der Waals surface area contributed by atoms with Crippen molar-refractivity contribution >= 4 is 15.8 Å². The minimum absolute atomic E-state index is 0.462. The van der Waals surface area contributed by atoms with Crippen LogP contribution in [0.1, 0.15) is 27.7 Å². The fourth-order valence-electron chi connectivity index (χ4n) is 1.64. The summed E-state index contributed by atoms with van der Waals surface area (Å²) in [7, 11) is 0.764. The lowest BCUT2D eigenvalue weighted by Gasteiger charge is -2.23. The Balaban J connectivity index is 3.76. The van der Waals surface area contributed by atoms with Crippen LogP contribution in [0.4, 0.5) is 0 Å². The lowest BCUT2D eigenvalue weighted by Crippen LogP contribution is -2.08. The first kappa shape index (κ1) is 12.9. The topological polar surface area (TPSA) is 0 Å². The average Bonchev–Trinajstić information content (AvgIpc) is 2.14. The molecule has 0 heterocycles. The van der Waals surface area contributed by atoms with Crippen molar-refractivity contribution in [1.82, 2.24) is 0 Å². The maximum atomic E-state index is 2.40. The number of hydrogen-bond donors (Lipinski definition) is 0. The molecule has 0 aromatic heterocycles. The molecule has 0 radical (unpaired) electrons. The van der Waals surface area contributed by atoms with Crippen LogP contribution < -0.4 is 0 Å². The SMILES string of the molecule is CCPCC[P+](CC)(CC)CC. The fraction of sp³-hybridized carbons (Fsp3) is 1.00. The third-order valence-electron chi connectivity index (χ3n) is 3.03. The lowest BCUT2D eigenvalue weighted by molar-refractivity contribution is 1.25. The summed E-state index contributed by atoms with van der Waals surface area (Å²) in [6.07, 6.45) is 8.93. The summed E-state index contributed by atoms with van der Waals surface area (Å²) < 4.78 is 0. The first-order chi connectivity index (χ1) is 5.74. The van der Waals surface area contributed by atoms with Gasteiger partial charge in [-0.05, 0) is 33.1 Å². The summed E-state index contributed by atoms with van der Waals surface area (Å²) in [5, 5.41) is 0. The zero-order valence-electron chi connectivity index (χ0n) is 9.19. The molecule has 0 aliphatic carbocycles. The number of hydrogen-bond acceptors (Lipinski definition) is 0. The molecular weight excluding hydrogens is 182 g/mol. The van der Waals surface area contributed by atoms with Gasteiger partial charge in [0.2, 0.25) is 0 Å². The molecule has 12 heavy (non-hydrogen) atoms. The second-order valence-corrected chi connectivity index (χ2v) is 10.1. The Bertz CT molecular complexity index is 89.7. The monoisotopic (exact) mass is 207 g/mol. The predicted octanol–water partition coefficient (Wildman–Crippen LogP) is 3.76. The molecule has 0 spiro atoms. The molecule has 0 N–H and O–H groups in total. The van der Waals surface area contributed by atoms with Gasteiger partial charge < -0.3 is 0 Å². The van der Waals surface area contributed by atoms with E-state index in [1.54, 1.807) is 6.16 Å². The van der Waals surface area contributed by atoms with Crippen molar-refractivity contribution in [2.45, 2.75) is 27.7 Å². The second-order valence-electron chi connectivity index (χ2n) is 3.37. The van der Waals surface area contributed by atoms with Crippen LogP contribution in [0.15, 0.2) is 0 Å². The van der Waals surface area contributed by atoms with E-state index >= 15 is 0 Å². The van der Waals surface area contributed by atoms with Crippen LogP contribution in [0, 0.1) is 0 Å². The van der Waals surface area contributed by atoms with Gasteiger partial charge in [-0.15, -0.1) is 8.58 Å². The van der Waals surface area contributed by atoms with Crippen molar-refractivity contribution in [2.24, 2.45) is 0 Å². The molecule has 74 valence electrons. The van der Waals surface area contributed by atoms with Gasteiger partial charge in [-0.25, -0.2) is 0 Å². The third kappa shape index (κ3) is 4.20. The molecule has 0 saturated heterocycles. The zero-order valence-corrected chi connectivity index (χ0v) is 11.1. The first-order valence-corrected chi connectivity index (χ1v) is 9.24. The van der Waals surface area contributed by atoms with Crippen molar-refractivity contribution in [1.29, 1.82) is 0 Å². The molecular formula is C10H25P2+. The molecule has 0 aromatic rings. The molecule has 0 aliphatic heterocycles. The molecule has 0 fully saturated rings. The molecule has 0 aromatic carbocycles. The van der Waals surface area contributed by atoms with Crippen molar-refractivity contribution in [3.8, 4) is 0 Å². The lowest BCUT2D eigenvalue weighted by atomic mass is 10.9. The van der Waals surface area contributed by atoms with Gasteiger partial charge in [0, 0.05) is 7.26 Å². The standard InChI is InChI=1S/C10H25P2/c1-5-11-9-10-12(6-2,7-3)8-4/h11H,5-10H2,1-4H3/q+1. The Hall–Kier alpha value is 0.860. The van der Waals surface area contributed by atoms with Crippen molar-refractivity contribution < 1.29 is 0 Å². The quantitative estimate of drug-likeness (QED) is 0.440. The predicted molar refractivity (Wildman–Crippen MR) is 67.1 cm³/mol. The summed E-state index contributed by atoms with van der Waals surface area (Å²) in [4.78, 5) is 0. The van der Waals surface area contributed by atoms with E-state index in [0.717, 1.165) is 0 Å². The van der Waals surface area contributed by atoms with Gasteiger partial charge in [0.1, 0.15) is 0 Å². The Kier molecular flexibility index (Phi) is 7.80. The minimum Gasteiger partial charge on any atom is -0.119 e. The molecule has 0 rings (SSSR count). The highest BCUT2D eigenvalue weighted by Gasteiger charge is 2.29. The normalized spacial score (nSPS) is 13.0. The molecule has 1 atom stereocenters. The van der Waals surface area contributed by atoms with Crippen LogP contribution in [-0.2, 0) is 0 Å². The highest BCUT2D eigenvalue weighted by Crippen LogP contribution is 2.58. The van der Waals surface area contributed by atoms with E-state index < -0.39 is 7.26 Å². The third-order valence-corrected chi connectivity index (χ3v) is 9.75. The summed E-state index contributed by atoms with van der Waals surface area (Å²) in [6, 6.07) is 0. The fourth-order valence-corrected chi connectivity index (χ4v) is 6.81. The Morgan fingerprint density at radius 2 is 1.42 bits per heavy atom. The van der Waals surface area contributed by atoms with E-state index in [9.17, 15) is 0 Å². The molecule has 2 heteroatoms.